The zero-order valence-corrected chi connectivity index (χ0v) is 11.5. The molecule has 3 nitrogen and oxygen atoms in total. The van der Waals surface area contributed by atoms with Gasteiger partial charge in [0.15, 0.2) is 5.78 Å². The van der Waals surface area contributed by atoms with Crippen LogP contribution >= 0.6 is 0 Å². The second-order valence-corrected chi connectivity index (χ2v) is 5.14. The lowest BCUT2D eigenvalue weighted by molar-refractivity contribution is 0.0954. The van der Waals surface area contributed by atoms with Crippen molar-refractivity contribution in [3.05, 3.63) is 35.1 Å². The van der Waals surface area contributed by atoms with Crippen molar-refractivity contribution in [3.8, 4) is 0 Å². The maximum Gasteiger partial charge on any atom is 0.164 e. The molecule has 2 rings (SSSR count). The molecule has 4 heteroatoms. The van der Waals surface area contributed by atoms with Crippen LogP contribution in [0.5, 0.6) is 0 Å². The normalized spacial score (nSPS) is 19.1. The Labute approximate surface area is 113 Å². The monoisotopic (exact) mass is 265 g/mol. The molecule has 1 heterocycles. The molecule has 104 valence electrons. The third kappa shape index (κ3) is 3.61. The Morgan fingerprint density at radius 3 is 2.95 bits per heavy atom. The number of benzene rings is 1. The highest BCUT2D eigenvalue weighted by molar-refractivity contribution is 5.96. The first kappa shape index (κ1) is 14.2. The first-order valence-corrected chi connectivity index (χ1v) is 6.65. The fourth-order valence-electron chi connectivity index (χ4n) is 2.24. The molecule has 0 aromatic heterocycles. The van der Waals surface area contributed by atoms with Gasteiger partial charge in [0.05, 0.1) is 6.61 Å². The maximum atomic E-state index is 13.4. The van der Waals surface area contributed by atoms with Crippen LogP contribution in [0.2, 0.25) is 0 Å². The van der Waals surface area contributed by atoms with Crippen molar-refractivity contribution in [2.24, 2.45) is 0 Å². The van der Waals surface area contributed by atoms with E-state index in [1.807, 2.05) is 7.05 Å². The predicted molar refractivity (Wildman–Crippen MR) is 71.9 cm³/mol. The molecule has 1 aliphatic heterocycles. The van der Waals surface area contributed by atoms with E-state index in [-0.39, 0.29) is 11.6 Å². The Hall–Kier alpha value is -1.26. The average molecular weight is 265 g/mol. The van der Waals surface area contributed by atoms with Crippen LogP contribution in [-0.4, -0.2) is 43.5 Å². The van der Waals surface area contributed by atoms with Gasteiger partial charge in [-0.05, 0) is 32.0 Å². The molecular weight excluding hydrogens is 245 g/mol. The van der Waals surface area contributed by atoms with Crippen molar-refractivity contribution in [1.82, 2.24) is 4.90 Å². The first-order valence-electron chi connectivity index (χ1n) is 6.65. The number of rotatable bonds is 5. The molecule has 0 bridgehead atoms. The molecule has 0 amide bonds. The highest BCUT2D eigenvalue weighted by atomic mass is 19.1. The molecule has 0 radical (unpaired) electrons. The molecule has 0 saturated carbocycles. The van der Waals surface area contributed by atoms with Crippen molar-refractivity contribution in [2.75, 3.05) is 26.8 Å². The van der Waals surface area contributed by atoms with Gasteiger partial charge in [-0.1, -0.05) is 12.1 Å². The number of halogens is 1. The van der Waals surface area contributed by atoms with E-state index in [9.17, 15) is 9.18 Å². The molecule has 1 atom stereocenters. The summed E-state index contributed by atoms with van der Waals surface area (Å²) in [5.74, 6) is -0.326. The van der Waals surface area contributed by atoms with Crippen LogP contribution in [0.1, 0.15) is 28.8 Å². The predicted octanol–water partition coefficient (Wildman–Crippen LogP) is 2.43. The third-order valence-corrected chi connectivity index (χ3v) is 3.71. The lowest BCUT2D eigenvalue weighted by atomic mass is 10.1. The van der Waals surface area contributed by atoms with Gasteiger partial charge in [-0.15, -0.1) is 0 Å². The summed E-state index contributed by atoms with van der Waals surface area (Å²) in [6.07, 6.45) is 1.43. The summed E-state index contributed by atoms with van der Waals surface area (Å²) in [5.41, 5.74) is 1.02. The van der Waals surface area contributed by atoms with Crippen LogP contribution in [0.15, 0.2) is 18.2 Å². The van der Waals surface area contributed by atoms with Gasteiger partial charge in [-0.25, -0.2) is 4.39 Å². The third-order valence-electron chi connectivity index (χ3n) is 3.71. The lowest BCUT2D eigenvalue weighted by Gasteiger charge is -2.22. The molecule has 1 saturated heterocycles. The smallest absolute Gasteiger partial charge is 0.164 e. The van der Waals surface area contributed by atoms with E-state index < -0.39 is 0 Å². The number of carbonyl (C=O) groups is 1. The van der Waals surface area contributed by atoms with Gasteiger partial charge in [0.1, 0.15) is 5.82 Å². The number of hydrogen-bond acceptors (Lipinski definition) is 3. The van der Waals surface area contributed by atoms with Crippen LogP contribution in [0.4, 0.5) is 4.39 Å². The largest absolute Gasteiger partial charge is 0.380 e. The van der Waals surface area contributed by atoms with Crippen molar-refractivity contribution in [1.29, 1.82) is 0 Å². The summed E-state index contributed by atoms with van der Waals surface area (Å²) in [6, 6.07) is 5.08. The van der Waals surface area contributed by atoms with Gasteiger partial charge in [-0.3, -0.25) is 4.79 Å². The molecular formula is C15H20FNO2. The Bertz CT molecular complexity index is 455. The van der Waals surface area contributed by atoms with Crippen LogP contribution in [-0.2, 0) is 4.74 Å². The highest BCUT2D eigenvalue weighted by Gasteiger charge is 2.20. The van der Waals surface area contributed by atoms with Crippen molar-refractivity contribution in [2.45, 2.75) is 25.8 Å². The molecule has 1 aromatic carbocycles. The molecule has 0 aliphatic carbocycles. The molecule has 1 unspecified atom stereocenters. The Balaban J connectivity index is 1.88. The van der Waals surface area contributed by atoms with E-state index in [1.54, 1.807) is 19.1 Å². The van der Waals surface area contributed by atoms with Crippen LogP contribution in [0.25, 0.3) is 0 Å². The Kier molecular flexibility index (Phi) is 4.66. The van der Waals surface area contributed by atoms with Crippen LogP contribution in [0, 0.1) is 12.7 Å². The first-order chi connectivity index (χ1) is 9.08. The summed E-state index contributed by atoms with van der Waals surface area (Å²) in [7, 11) is 2.00. The number of likely N-dealkylation sites (N-methyl/N-ethyl adjacent to an activating group) is 1. The summed E-state index contributed by atoms with van der Waals surface area (Å²) < 4.78 is 18.7. The molecule has 1 aromatic rings. The molecule has 0 spiro atoms. The number of hydrogen-bond donors (Lipinski definition) is 0. The van der Waals surface area contributed by atoms with E-state index in [1.165, 1.54) is 6.07 Å². The second kappa shape index (κ2) is 6.26. The fraction of sp³-hybridized carbons (Fsp3) is 0.533. The molecule has 1 aliphatic rings. The van der Waals surface area contributed by atoms with E-state index >= 15 is 0 Å². The second-order valence-electron chi connectivity index (χ2n) is 5.14. The Morgan fingerprint density at radius 2 is 2.32 bits per heavy atom. The average Bonchev–Trinajstić information content (AvgIpc) is 2.92. The number of ether oxygens (including phenoxy) is 1. The minimum absolute atomic E-state index is 0.00957. The molecule has 19 heavy (non-hydrogen) atoms. The molecule has 0 N–H and O–H groups in total. The standard InChI is InChI=1S/C15H20FNO2/c1-11-3-4-12(9-14(11)16)15(18)5-7-17(2)13-6-8-19-10-13/h3-4,9,13H,5-8,10H2,1-2H3. The summed E-state index contributed by atoms with van der Waals surface area (Å²) in [6.45, 7) is 3.91. The Morgan fingerprint density at radius 1 is 1.53 bits per heavy atom. The fourth-order valence-corrected chi connectivity index (χ4v) is 2.24. The summed E-state index contributed by atoms with van der Waals surface area (Å²) in [4.78, 5) is 14.2. The number of Topliss-reactive ketones (excluding diaryl/α,β-unsaturated/α-hetero) is 1. The van der Waals surface area contributed by atoms with Gasteiger partial charge in [0, 0.05) is 31.2 Å². The van der Waals surface area contributed by atoms with Crippen molar-refractivity contribution in [3.63, 3.8) is 0 Å². The van der Waals surface area contributed by atoms with Crippen molar-refractivity contribution < 1.29 is 13.9 Å². The van der Waals surface area contributed by atoms with E-state index in [0.29, 0.717) is 30.1 Å². The van der Waals surface area contributed by atoms with Crippen LogP contribution in [0.3, 0.4) is 0 Å². The van der Waals surface area contributed by atoms with Gasteiger partial charge >= 0.3 is 0 Å². The van der Waals surface area contributed by atoms with Gasteiger partial charge < -0.3 is 9.64 Å². The SMILES string of the molecule is Cc1ccc(C(=O)CCN(C)C2CCOC2)cc1F. The zero-order chi connectivity index (χ0) is 13.8. The highest BCUT2D eigenvalue weighted by Crippen LogP contribution is 2.14. The minimum atomic E-state index is -0.316. The molecule has 1 fully saturated rings. The maximum absolute atomic E-state index is 13.4. The number of aryl methyl sites for hydroxylation is 1. The summed E-state index contributed by atoms with van der Waals surface area (Å²) in [5, 5.41) is 0. The minimum Gasteiger partial charge on any atom is -0.380 e. The van der Waals surface area contributed by atoms with Gasteiger partial charge in [0.25, 0.3) is 0 Å². The lowest BCUT2D eigenvalue weighted by Crippen LogP contribution is -2.33. The van der Waals surface area contributed by atoms with Gasteiger partial charge in [0.2, 0.25) is 0 Å². The van der Waals surface area contributed by atoms with Crippen LogP contribution < -0.4 is 0 Å². The van der Waals surface area contributed by atoms with E-state index in [0.717, 1.165) is 19.6 Å². The van der Waals surface area contributed by atoms with E-state index in [4.69, 9.17) is 4.74 Å². The topological polar surface area (TPSA) is 29.5 Å². The van der Waals surface area contributed by atoms with Gasteiger partial charge in [-0.2, -0.15) is 0 Å². The number of nitrogens with zero attached hydrogens (tertiary/aromatic N) is 1. The quantitative estimate of drug-likeness (QED) is 0.766. The zero-order valence-electron chi connectivity index (χ0n) is 11.5. The van der Waals surface area contributed by atoms with Crippen molar-refractivity contribution >= 4 is 5.78 Å². The summed E-state index contributed by atoms with van der Waals surface area (Å²) >= 11 is 0. The van der Waals surface area contributed by atoms with E-state index in [2.05, 4.69) is 4.90 Å². The number of ketones is 1. The number of carbonyl (C=O) groups excluding carboxylic acids is 1.